The molecular weight excluding hydrogens is 252 g/mol. The van der Waals surface area contributed by atoms with Crippen molar-refractivity contribution in [2.75, 3.05) is 24.3 Å². The van der Waals surface area contributed by atoms with E-state index in [-0.39, 0.29) is 0 Å². The van der Waals surface area contributed by atoms with Crippen molar-refractivity contribution in [2.24, 2.45) is 7.05 Å². The molecule has 0 aliphatic carbocycles. The predicted molar refractivity (Wildman–Crippen MR) is 82.0 cm³/mol. The number of nitrogens with two attached hydrogens (primary N) is 1. The summed E-state index contributed by atoms with van der Waals surface area (Å²) in [6.45, 7) is 3.57. The van der Waals surface area contributed by atoms with Gasteiger partial charge in [-0.15, -0.1) is 0 Å². The van der Waals surface area contributed by atoms with Crippen LogP contribution in [0.25, 0.3) is 0 Å². The number of aromatic nitrogens is 2. The Morgan fingerprint density at radius 2 is 2.15 bits per heavy atom. The van der Waals surface area contributed by atoms with E-state index in [0.29, 0.717) is 12.3 Å². The summed E-state index contributed by atoms with van der Waals surface area (Å²) in [5.74, 6) is 0.819. The van der Waals surface area contributed by atoms with Gasteiger partial charge >= 0.3 is 0 Å². The van der Waals surface area contributed by atoms with Gasteiger partial charge in [-0.2, -0.15) is 5.10 Å². The van der Waals surface area contributed by atoms with Gasteiger partial charge in [0.1, 0.15) is 5.75 Å². The fourth-order valence-electron chi connectivity index (χ4n) is 2.05. The van der Waals surface area contributed by atoms with Crippen molar-refractivity contribution in [2.45, 2.75) is 19.9 Å². The largest absolute Gasteiger partial charge is 0.493 e. The van der Waals surface area contributed by atoms with Crippen molar-refractivity contribution >= 4 is 11.4 Å². The lowest BCUT2D eigenvalue weighted by Crippen LogP contribution is -2.16. The Balaban J connectivity index is 2.12. The van der Waals surface area contributed by atoms with E-state index in [9.17, 15) is 0 Å². The van der Waals surface area contributed by atoms with Gasteiger partial charge < -0.3 is 15.4 Å². The first-order valence-electron chi connectivity index (χ1n) is 6.80. The Labute approximate surface area is 119 Å². The first-order chi connectivity index (χ1) is 9.58. The van der Waals surface area contributed by atoms with E-state index >= 15 is 0 Å². The minimum Gasteiger partial charge on any atom is -0.493 e. The molecule has 0 unspecified atom stereocenters. The van der Waals surface area contributed by atoms with E-state index in [2.05, 4.69) is 16.9 Å². The zero-order valence-corrected chi connectivity index (χ0v) is 12.3. The van der Waals surface area contributed by atoms with Crippen LogP contribution in [0.4, 0.5) is 11.4 Å². The number of ether oxygens (including phenoxy) is 1. The number of hydrogen-bond donors (Lipinski definition) is 1. The molecule has 2 N–H and O–H groups in total. The molecule has 0 atom stereocenters. The van der Waals surface area contributed by atoms with Crippen LogP contribution in [0.1, 0.15) is 18.9 Å². The first kappa shape index (κ1) is 14.2. The summed E-state index contributed by atoms with van der Waals surface area (Å²) in [6, 6.07) is 5.83. The third-order valence-electron chi connectivity index (χ3n) is 3.01. The molecule has 1 heterocycles. The maximum atomic E-state index is 5.94. The van der Waals surface area contributed by atoms with Crippen LogP contribution < -0.4 is 15.4 Å². The van der Waals surface area contributed by atoms with Gasteiger partial charge in [0.15, 0.2) is 0 Å². The molecule has 0 spiro atoms. The summed E-state index contributed by atoms with van der Waals surface area (Å²) in [5, 5.41) is 4.18. The molecular formula is C15H22N4O. The van der Waals surface area contributed by atoms with Gasteiger partial charge in [-0.05, 0) is 12.5 Å². The quantitative estimate of drug-likeness (QED) is 0.822. The second-order valence-corrected chi connectivity index (χ2v) is 4.99. The Morgan fingerprint density at radius 1 is 1.35 bits per heavy atom. The Morgan fingerprint density at radius 3 is 2.80 bits per heavy atom. The highest BCUT2D eigenvalue weighted by atomic mass is 16.5. The van der Waals surface area contributed by atoms with Crippen LogP contribution >= 0.6 is 0 Å². The number of nitrogen functional groups attached to an aromatic ring is 1. The van der Waals surface area contributed by atoms with Crippen LogP contribution in [-0.2, 0) is 13.6 Å². The summed E-state index contributed by atoms with van der Waals surface area (Å²) < 4.78 is 7.46. The summed E-state index contributed by atoms with van der Waals surface area (Å²) >= 11 is 0. The standard InChI is InChI=1S/C15H22N4O/c1-4-5-20-15-7-13(16)6-14(8-15)18(2)10-12-9-17-19(3)11-12/h6-9,11H,4-5,10,16H2,1-3H3. The third-order valence-corrected chi connectivity index (χ3v) is 3.01. The average Bonchev–Trinajstić information content (AvgIpc) is 2.81. The average molecular weight is 274 g/mol. The van der Waals surface area contributed by atoms with Crippen LogP contribution in [0.5, 0.6) is 5.75 Å². The van der Waals surface area contributed by atoms with Crippen molar-refractivity contribution in [1.29, 1.82) is 0 Å². The third kappa shape index (κ3) is 3.66. The molecule has 5 heteroatoms. The molecule has 20 heavy (non-hydrogen) atoms. The zero-order chi connectivity index (χ0) is 14.5. The Hall–Kier alpha value is -2.17. The topological polar surface area (TPSA) is 56.3 Å². The Kier molecular flexibility index (Phi) is 4.50. The summed E-state index contributed by atoms with van der Waals surface area (Å²) in [5.41, 5.74) is 8.86. The molecule has 0 saturated heterocycles. The SMILES string of the molecule is CCCOc1cc(N)cc(N(C)Cc2cnn(C)c2)c1. The van der Waals surface area contributed by atoms with Crippen molar-refractivity contribution in [3.8, 4) is 5.75 Å². The highest BCUT2D eigenvalue weighted by Crippen LogP contribution is 2.26. The van der Waals surface area contributed by atoms with Gasteiger partial charge in [-0.1, -0.05) is 6.92 Å². The molecule has 0 radical (unpaired) electrons. The molecule has 1 aromatic carbocycles. The lowest BCUT2D eigenvalue weighted by atomic mass is 10.2. The lowest BCUT2D eigenvalue weighted by molar-refractivity contribution is 0.317. The maximum absolute atomic E-state index is 5.94. The molecule has 0 aliphatic heterocycles. The van der Waals surface area contributed by atoms with Crippen LogP contribution in [-0.4, -0.2) is 23.4 Å². The van der Waals surface area contributed by atoms with Gasteiger partial charge in [-0.3, -0.25) is 4.68 Å². The highest BCUT2D eigenvalue weighted by molar-refractivity contribution is 5.60. The fourth-order valence-corrected chi connectivity index (χ4v) is 2.05. The Bertz CT molecular complexity index is 565. The molecule has 0 aliphatic rings. The van der Waals surface area contributed by atoms with Crippen LogP contribution in [0.15, 0.2) is 30.6 Å². The second-order valence-electron chi connectivity index (χ2n) is 4.99. The van der Waals surface area contributed by atoms with Gasteiger partial charge in [0.05, 0.1) is 12.8 Å². The number of rotatable bonds is 6. The van der Waals surface area contributed by atoms with Crippen molar-refractivity contribution in [3.05, 3.63) is 36.2 Å². The normalized spacial score (nSPS) is 10.6. The van der Waals surface area contributed by atoms with Gasteiger partial charge in [0.2, 0.25) is 0 Å². The molecule has 2 aromatic rings. The first-order valence-corrected chi connectivity index (χ1v) is 6.80. The van der Waals surface area contributed by atoms with E-state index < -0.39 is 0 Å². The molecule has 2 rings (SSSR count). The number of aryl methyl sites for hydroxylation is 1. The van der Waals surface area contributed by atoms with Crippen LogP contribution in [0.2, 0.25) is 0 Å². The molecule has 0 saturated carbocycles. The van der Waals surface area contributed by atoms with Crippen molar-refractivity contribution < 1.29 is 4.74 Å². The number of hydrogen-bond acceptors (Lipinski definition) is 4. The van der Waals surface area contributed by atoms with Crippen LogP contribution in [0.3, 0.4) is 0 Å². The van der Waals surface area contributed by atoms with Crippen molar-refractivity contribution in [3.63, 3.8) is 0 Å². The fraction of sp³-hybridized carbons (Fsp3) is 0.400. The van der Waals surface area contributed by atoms with Gasteiger partial charge in [0.25, 0.3) is 0 Å². The molecule has 0 bridgehead atoms. The van der Waals surface area contributed by atoms with Gasteiger partial charge in [-0.25, -0.2) is 0 Å². The highest BCUT2D eigenvalue weighted by Gasteiger charge is 2.07. The second kappa shape index (κ2) is 6.32. The maximum Gasteiger partial charge on any atom is 0.123 e. The number of nitrogens with zero attached hydrogens (tertiary/aromatic N) is 3. The van der Waals surface area contributed by atoms with E-state index in [1.54, 1.807) is 4.68 Å². The number of anilines is 2. The number of benzene rings is 1. The monoisotopic (exact) mass is 274 g/mol. The zero-order valence-electron chi connectivity index (χ0n) is 12.3. The molecule has 0 fully saturated rings. The summed E-state index contributed by atoms with van der Waals surface area (Å²) in [6.07, 6.45) is 4.87. The predicted octanol–water partition coefficient (Wildman–Crippen LogP) is 2.43. The lowest BCUT2D eigenvalue weighted by Gasteiger charge is -2.20. The van der Waals surface area contributed by atoms with Gasteiger partial charge in [0, 0.05) is 55.9 Å². The molecule has 108 valence electrons. The van der Waals surface area contributed by atoms with E-state index in [0.717, 1.165) is 30.0 Å². The molecule has 1 aromatic heterocycles. The smallest absolute Gasteiger partial charge is 0.123 e. The van der Waals surface area contributed by atoms with E-state index in [1.165, 1.54) is 0 Å². The van der Waals surface area contributed by atoms with E-state index in [1.807, 2.05) is 44.7 Å². The molecule has 0 amide bonds. The van der Waals surface area contributed by atoms with Crippen molar-refractivity contribution in [1.82, 2.24) is 9.78 Å². The minimum atomic E-state index is 0.704. The summed E-state index contributed by atoms with van der Waals surface area (Å²) in [4.78, 5) is 2.13. The van der Waals surface area contributed by atoms with Crippen LogP contribution in [0, 0.1) is 0 Å². The minimum absolute atomic E-state index is 0.704. The molecule has 5 nitrogen and oxygen atoms in total. The van der Waals surface area contributed by atoms with E-state index in [4.69, 9.17) is 10.5 Å². The summed E-state index contributed by atoms with van der Waals surface area (Å²) in [7, 11) is 3.95.